The fraction of sp³-hybridized carbons (Fsp3) is 0.462. The molecule has 0 aromatic carbocycles. The Hall–Kier alpha value is -1.83. The molecule has 0 bridgehead atoms. The third-order valence-electron chi connectivity index (χ3n) is 3.52. The van der Waals surface area contributed by atoms with E-state index in [0.717, 1.165) is 12.8 Å². The Bertz CT molecular complexity index is 557. The van der Waals surface area contributed by atoms with Crippen molar-refractivity contribution in [2.24, 2.45) is 11.8 Å². The second kappa shape index (κ2) is 6.75. The van der Waals surface area contributed by atoms with Crippen molar-refractivity contribution in [2.45, 2.75) is 25.7 Å². The van der Waals surface area contributed by atoms with Crippen LogP contribution in [0.4, 0.5) is 0 Å². The number of carbonyl (C=O) groups excluding carboxylic acids is 2. The Balaban J connectivity index is 1.91. The normalized spacial score (nSPS) is 21.6. The van der Waals surface area contributed by atoms with Crippen LogP contribution >= 0.6 is 15.9 Å². The highest BCUT2D eigenvalue weighted by molar-refractivity contribution is 9.10. The maximum atomic E-state index is 12.0. The van der Waals surface area contributed by atoms with Crippen molar-refractivity contribution in [3.05, 3.63) is 22.6 Å². The van der Waals surface area contributed by atoms with Crippen LogP contribution in [0.3, 0.4) is 0 Å². The van der Waals surface area contributed by atoms with Crippen LogP contribution < -0.4 is 10.9 Å². The number of furan rings is 1. The van der Waals surface area contributed by atoms with Gasteiger partial charge in [-0.25, -0.2) is 0 Å². The van der Waals surface area contributed by atoms with Gasteiger partial charge in [0.05, 0.1) is 11.8 Å². The Morgan fingerprint density at radius 2 is 1.81 bits per heavy atom. The summed E-state index contributed by atoms with van der Waals surface area (Å²) in [6, 6.07) is 3.00. The van der Waals surface area contributed by atoms with Crippen LogP contribution in [0, 0.1) is 11.8 Å². The van der Waals surface area contributed by atoms with Crippen molar-refractivity contribution in [1.82, 2.24) is 10.9 Å². The molecule has 2 rings (SSSR count). The van der Waals surface area contributed by atoms with E-state index in [2.05, 4.69) is 26.8 Å². The SMILES string of the molecule is O=C(NNC(=O)[C@@H]1CCCC[C@@H]1C(=O)O)c1ccc(Br)o1. The van der Waals surface area contributed by atoms with Crippen LogP contribution in [0.1, 0.15) is 36.2 Å². The van der Waals surface area contributed by atoms with Gasteiger partial charge in [-0.1, -0.05) is 12.8 Å². The first-order valence-corrected chi connectivity index (χ1v) is 7.36. The van der Waals surface area contributed by atoms with Gasteiger partial charge in [0.2, 0.25) is 5.91 Å². The van der Waals surface area contributed by atoms with E-state index in [0.29, 0.717) is 17.5 Å². The van der Waals surface area contributed by atoms with Crippen molar-refractivity contribution in [2.75, 3.05) is 0 Å². The smallest absolute Gasteiger partial charge is 0.307 e. The van der Waals surface area contributed by atoms with Crippen LogP contribution in [0.25, 0.3) is 0 Å². The number of hydrazine groups is 1. The Kier molecular flexibility index (Phi) is 5.00. The number of rotatable bonds is 3. The van der Waals surface area contributed by atoms with Crippen LogP contribution in [0.2, 0.25) is 0 Å². The standard InChI is InChI=1S/C13H15BrN2O5/c14-10-6-5-9(21-10)12(18)16-15-11(17)7-3-1-2-4-8(7)13(19)20/h5-8H,1-4H2,(H,15,17)(H,16,18)(H,19,20)/t7-,8+/m1/s1. The first-order valence-electron chi connectivity index (χ1n) is 6.57. The number of hydrogen-bond donors (Lipinski definition) is 3. The van der Waals surface area contributed by atoms with Crippen molar-refractivity contribution in [3.63, 3.8) is 0 Å². The molecule has 8 heteroatoms. The van der Waals surface area contributed by atoms with Gasteiger partial charge < -0.3 is 9.52 Å². The fourth-order valence-electron chi connectivity index (χ4n) is 2.45. The van der Waals surface area contributed by atoms with Gasteiger partial charge in [-0.3, -0.25) is 25.2 Å². The highest BCUT2D eigenvalue weighted by atomic mass is 79.9. The summed E-state index contributed by atoms with van der Waals surface area (Å²) in [6.45, 7) is 0. The zero-order chi connectivity index (χ0) is 15.4. The molecule has 0 saturated heterocycles. The zero-order valence-corrected chi connectivity index (χ0v) is 12.7. The van der Waals surface area contributed by atoms with E-state index < -0.39 is 29.6 Å². The summed E-state index contributed by atoms with van der Waals surface area (Å²) in [4.78, 5) is 34.9. The van der Waals surface area contributed by atoms with Gasteiger partial charge in [0.1, 0.15) is 0 Å². The van der Waals surface area contributed by atoms with Crippen LogP contribution in [0.5, 0.6) is 0 Å². The lowest BCUT2D eigenvalue weighted by molar-refractivity contribution is -0.149. The summed E-state index contributed by atoms with van der Waals surface area (Å²) in [7, 11) is 0. The topological polar surface area (TPSA) is 109 Å². The highest BCUT2D eigenvalue weighted by Crippen LogP contribution is 2.30. The number of carbonyl (C=O) groups is 3. The van der Waals surface area contributed by atoms with Gasteiger partial charge in [-0.05, 0) is 40.9 Å². The van der Waals surface area contributed by atoms with Crippen LogP contribution in [0.15, 0.2) is 21.2 Å². The third kappa shape index (κ3) is 3.84. The van der Waals surface area contributed by atoms with Crippen molar-refractivity contribution in [1.29, 1.82) is 0 Å². The molecule has 0 radical (unpaired) electrons. The lowest BCUT2D eigenvalue weighted by Gasteiger charge is -2.27. The van der Waals surface area contributed by atoms with E-state index in [1.54, 1.807) is 6.07 Å². The van der Waals surface area contributed by atoms with Gasteiger partial charge in [0, 0.05) is 0 Å². The highest BCUT2D eigenvalue weighted by Gasteiger charge is 2.35. The number of halogens is 1. The first kappa shape index (κ1) is 15.6. The lowest BCUT2D eigenvalue weighted by atomic mass is 9.79. The number of hydrogen-bond acceptors (Lipinski definition) is 4. The molecule has 2 amide bonds. The van der Waals surface area contributed by atoms with Crippen LogP contribution in [-0.4, -0.2) is 22.9 Å². The maximum Gasteiger partial charge on any atom is 0.307 e. The molecule has 21 heavy (non-hydrogen) atoms. The maximum absolute atomic E-state index is 12.0. The number of aliphatic carboxylic acids is 1. The molecule has 1 fully saturated rings. The predicted molar refractivity (Wildman–Crippen MR) is 75.1 cm³/mol. The molecule has 0 unspecified atom stereocenters. The van der Waals surface area contributed by atoms with E-state index >= 15 is 0 Å². The molecular formula is C13H15BrN2O5. The van der Waals surface area contributed by atoms with Gasteiger partial charge in [0.25, 0.3) is 0 Å². The van der Waals surface area contributed by atoms with E-state index in [1.807, 2.05) is 0 Å². The van der Waals surface area contributed by atoms with Crippen molar-refractivity contribution in [3.8, 4) is 0 Å². The monoisotopic (exact) mass is 358 g/mol. The van der Waals surface area contributed by atoms with E-state index in [4.69, 9.17) is 9.52 Å². The van der Waals surface area contributed by atoms with Gasteiger partial charge in [-0.15, -0.1) is 0 Å². The molecule has 1 aromatic heterocycles. The third-order valence-corrected chi connectivity index (χ3v) is 3.94. The molecule has 7 nitrogen and oxygen atoms in total. The minimum Gasteiger partial charge on any atom is -0.481 e. The predicted octanol–water partition coefficient (Wildman–Crippen LogP) is 1.69. The first-order chi connectivity index (χ1) is 9.99. The van der Waals surface area contributed by atoms with E-state index in [-0.39, 0.29) is 5.76 Å². The minimum atomic E-state index is -0.976. The van der Waals surface area contributed by atoms with Gasteiger partial charge in [0.15, 0.2) is 10.4 Å². The molecule has 1 aromatic rings. The van der Waals surface area contributed by atoms with Crippen molar-refractivity contribution >= 4 is 33.7 Å². The van der Waals surface area contributed by atoms with Gasteiger partial charge >= 0.3 is 11.9 Å². The fourth-order valence-corrected chi connectivity index (χ4v) is 2.76. The zero-order valence-electron chi connectivity index (χ0n) is 11.1. The molecule has 2 atom stereocenters. The number of carboxylic acids is 1. The molecule has 1 aliphatic rings. The second-order valence-electron chi connectivity index (χ2n) is 4.88. The summed E-state index contributed by atoms with van der Waals surface area (Å²) in [5.74, 6) is -3.34. The Morgan fingerprint density at radius 1 is 1.14 bits per heavy atom. The lowest BCUT2D eigenvalue weighted by Crippen LogP contribution is -2.47. The summed E-state index contributed by atoms with van der Waals surface area (Å²) in [6.07, 6.45) is 2.59. The summed E-state index contributed by atoms with van der Waals surface area (Å²) >= 11 is 3.07. The average molecular weight is 359 g/mol. The largest absolute Gasteiger partial charge is 0.481 e. The summed E-state index contributed by atoms with van der Waals surface area (Å²) in [5.41, 5.74) is 4.49. The molecule has 0 aliphatic heterocycles. The molecule has 0 spiro atoms. The average Bonchev–Trinajstić information content (AvgIpc) is 2.91. The molecule has 3 N–H and O–H groups in total. The Morgan fingerprint density at radius 3 is 2.38 bits per heavy atom. The molecule has 114 valence electrons. The van der Waals surface area contributed by atoms with Gasteiger partial charge in [-0.2, -0.15) is 0 Å². The quantitative estimate of drug-likeness (QED) is 0.712. The van der Waals surface area contributed by atoms with Crippen molar-refractivity contribution < 1.29 is 23.9 Å². The number of amides is 2. The van der Waals surface area contributed by atoms with Crippen LogP contribution in [-0.2, 0) is 9.59 Å². The summed E-state index contributed by atoms with van der Waals surface area (Å²) < 4.78 is 5.44. The summed E-state index contributed by atoms with van der Waals surface area (Å²) in [5, 5.41) is 9.13. The molecule has 1 aliphatic carbocycles. The Labute approximate surface area is 129 Å². The number of nitrogens with one attached hydrogen (secondary N) is 2. The van der Waals surface area contributed by atoms with E-state index in [9.17, 15) is 14.4 Å². The molecular weight excluding hydrogens is 344 g/mol. The molecule has 1 heterocycles. The number of carboxylic acid groups (broad SMARTS) is 1. The second-order valence-corrected chi connectivity index (χ2v) is 5.66. The van der Waals surface area contributed by atoms with E-state index in [1.165, 1.54) is 6.07 Å². The minimum absolute atomic E-state index is 0.0422. The molecule has 1 saturated carbocycles.